The van der Waals surface area contributed by atoms with E-state index in [0.29, 0.717) is 0 Å². The number of allylic oxidation sites excluding steroid dienone is 7. The largest absolute Gasteiger partial charge is 0.460 e. The van der Waals surface area contributed by atoms with Gasteiger partial charge in [0, 0.05) is 6.08 Å². The molecule has 0 aromatic rings. The Morgan fingerprint density at radius 3 is 1.81 bits per heavy atom. The van der Waals surface area contributed by atoms with Gasteiger partial charge >= 0.3 is 5.97 Å². The van der Waals surface area contributed by atoms with Crippen molar-refractivity contribution in [2.45, 2.75) is 79.2 Å². The van der Waals surface area contributed by atoms with Gasteiger partial charge in [0.15, 0.2) is 0 Å². The van der Waals surface area contributed by atoms with Crippen LogP contribution in [0.5, 0.6) is 0 Å². The highest BCUT2D eigenvalue weighted by Crippen LogP contribution is 2.13. The third-order valence-electron chi connectivity index (χ3n) is 4.15. The van der Waals surface area contributed by atoms with E-state index in [1.165, 1.54) is 22.8 Å². The average molecular weight is 379 g/mol. The molecule has 0 rings (SSSR count). The van der Waals surface area contributed by atoms with Gasteiger partial charge in [-0.3, -0.25) is 0 Å². The lowest BCUT2D eigenvalue weighted by molar-refractivity contribution is -0.141. The van der Waals surface area contributed by atoms with Crippen LogP contribution < -0.4 is 0 Å². The van der Waals surface area contributed by atoms with Crippen LogP contribution in [0.1, 0.15) is 73.1 Å². The second-order valence-corrected chi connectivity index (χ2v) is 7.46. The summed E-state index contributed by atoms with van der Waals surface area (Å²) in [5.41, 5.74) is 5.13. The van der Waals surface area contributed by atoms with Gasteiger partial charge in [-0.25, -0.2) is 4.79 Å². The zero-order valence-corrected chi connectivity index (χ0v) is 17.8. The molecule has 4 nitrogen and oxygen atoms in total. The summed E-state index contributed by atoms with van der Waals surface area (Å²) >= 11 is 0. The molecule has 0 saturated heterocycles. The van der Waals surface area contributed by atoms with E-state index in [1.54, 1.807) is 0 Å². The number of aliphatic hydroxyl groups is 2. The molecule has 2 N–H and O–H groups in total. The van der Waals surface area contributed by atoms with Gasteiger partial charge in [-0.2, -0.15) is 0 Å². The first-order valence-corrected chi connectivity index (χ1v) is 9.82. The van der Waals surface area contributed by atoms with Crippen molar-refractivity contribution in [3.63, 3.8) is 0 Å². The number of carbonyl (C=O) groups is 1. The number of hydrogen-bond donors (Lipinski definition) is 2. The number of carbonyl (C=O) groups excluding carboxylic acids is 1. The van der Waals surface area contributed by atoms with Gasteiger partial charge in [-0.05, 0) is 73.1 Å². The third-order valence-corrected chi connectivity index (χ3v) is 4.15. The number of ether oxygens (including phenoxy) is 1. The van der Waals surface area contributed by atoms with Gasteiger partial charge in [0.2, 0.25) is 0 Å². The van der Waals surface area contributed by atoms with Gasteiger partial charge in [0.05, 0.1) is 6.61 Å². The summed E-state index contributed by atoms with van der Waals surface area (Å²) in [5, 5.41) is 17.8. The van der Waals surface area contributed by atoms with Gasteiger partial charge in [0.25, 0.3) is 0 Å². The predicted molar refractivity (Wildman–Crippen MR) is 112 cm³/mol. The summed E-state index contributed by atoms with van der Waals surface area (Å²) in [5.74, 6) is -0.477. The Balaban J connectivity index is 4.11. The molecule has 27 heavy (non-hydrogen) atoms. The van der Waals surface area contributed by atoms with E-state index in [-0.39, 0.29) is 6.61 Å². The molecule has 0 aliphatic carbocycles. The second-order valence-electron chi connectivity index (χ2n) is 7.46. The van der Waals surface area contributed by atoms with E-state index in [1.807, 2.05) is 6.92 Å². The SMILES string of the molecule is CC(C)=CCC/C(C)=C/CC/C(C)=C/CCC(C)=CC(=O)OCC(O)CO. The Morgan fingerprint density at radius 1 is 0.852 bits per heavy atom. The molecule has 0 spiro atoms. The van der Waals surface area contributed by atoms with Crippen molar-refractivity contribution in [2.75, 3.05) is 13.2 Å². The molecule has 0 heterocycles. The highest BCUT2D eigenvalue weighted by Gasteiger charge is 2.05. The molecule has 0 amide bonds. The van der Waals surface area contributed by atoms with Crippen LogP contribution in [0.3, 0.4) is 0 Å². The molecule has 0 saturated carbocycles. The fourth-order valence-corrected chi connectivity index (χ4v) is 2.43. The summed E-state index contributed by atoms with van der Waals surface area (Å²) in [6.07, 6.45) is 13.3. The number of hydrogen-bond acceptors (Lipinski definition) is 4. The minimum atomic E-state index is -1.02. The average Bonchev–Trinajstić information content (AvgIpc) is 2.59. The first-order valence-electron chi connectivity index (χ1n) is 9.82. The van der Waals surface area contributed by atoms with Crippen LogP contribution in [-0.2, 0) is 9.53 Å². The van der Waals surface area contributed by atoms with Crippen molar-refractivity contribution < 1.29 is 19.7 Å². The van der Waals surface area contributed by atoms with E-state index in [4.69, 9.17) is 14.9 Å². The summed E-state index contributed by atoms with van der Waals surface area (Å²) in [4.78, 5) is 11.6. The minimum Gasteiger partial charge on any atom is -0.460 e. The zero-order chi connectivity index (χ0) is 20.7. The van der Waals surface area contributed by atoms with Crippen LogP contribution in [0, 0.1) is 0 Å². The highest BCUT2D eigenvalue weighted by atomic mass is 16.5. The number of esters is 1. The third kappa shape index (κ3) is 16.3. The Labute approximate surface area is 165 Å². The highest BCUT2D eigenvalue weighted by molar-refractivity contribution is 5.82. The standard InChI is InChI=1S/C23H38O4/c1-18(2)9-6-10-19(3)11-7-12-20(4)13-8-14-21(5)15-23(26)27-17-22(25)16-24/h9,11,13,15,22,24-25H,6-8,10,12,14,16-17H2,1-5H3/b19-11+,20-13+,21-15?. The molecule has 0 aliphatic heterocycles. The Hall–Kier alpha value is -1.65. The van der Waals surface area contributed by atoms with Gasteiger partial charge in [-0.1, -0.05) is 40.5 Å². The molecule has 0 aromatic heterocycles. The van der Waals surface area contributed by atoms with Crippen LogP contribution in [0.4, 0.5) is 0 Å². The predicted octanol–water partition coefficient (Wildman–Crippen LogP) is 5.03. The second kappa shape index (κ2) is 15.4. The fourth-order valence-electron chi connectivity index (χ4n) is 2.43. The quantitative estimate of drug-likeness (QED) is 0.268. The minimum absolute atomic E-state index is 0.181. The lowest BCUT2D eigenvalue weighted by atomic mass is 10.0. The normalized spacial score (nSPS) is 14.1. The van der Waals surface area contributed by atoms with E-state index < -0.39 is 18.7 Å². The molecule has 1 unspecified atom stereocenters. The number of rotatable bonds is 13. The maximum Gasteiger partial charge on any atom is 0.330 e. The Morgan fingerprint density at radius 2 is 1.33 bits per heavy atom. The van der Waals surface area contributed by atoms with Crippen LogP contribution in [0.15, 0.2) is 46.6 Å². The van der Waals surface area contributed by atoms with E-state index in [0.717, 1.165) is 44.1 Å². The van der Waals surface area contributed by atoms with Crippen LogP contribution >= 0.6 is 0 Å². The zero-order valence-electron chi connectivity index (χ0n) is 17.8. The Kier molecular flexibility index (Phi) is 14.5. The molecular formula is C23H38O4. The topological polar surface area (TPSA) is 66.8 Å². The monoisotopic (exact) mass is 378 g/mol. The van der Waals surface area contributed by atoms with Crippen LogP contribution in [0.2, 0.25) is 0 Å². The molecule has 4 heteroatoms. The first kappa shape index (κ1) is 25.4. The maximum atomic E-state index is 11.6. The summed E-state index contributed by atoms with van der Waals surface area (Å²) in [6.45, 7) is 9.92. The smallest absolute Gasteiger partial charge is 0.330 e. The maximum absolute atomic E-state index is 11.6. The first-order chi connectivity index (χ1) is 12.7. The number of aliphatic hydroxyl groups excluding tert-OH is 2. The van der Waals surface area contributed by atoms with Gasteiger partial charge in [0.1, 0.15) is 12.7 Å². The molecule has 0 aliphatic rings. The van der Waals surface area contributed by atoms with Crippen LogP contribution in [-0.4, -0.2) is 35.5 Å². The van der Waals surface area contributed by atoms with E-state index in [9.17, 15) is 4.79 Å². The summed E-state index contributed by atoms with van der Waals surface area (Å²) in [7, 11) is 0. The van der Waals surface area contributed by atoms with Crippen molar-refractivity contribution in [2.24, 2.45) is 0 Å². The molecular weight excluding hydrogens is 340 g/mol. The Bertz CT molecular complexity index is 549. The lowest BCUT2D eigenvalue weighted by Crippen LogP contribution is -2.21. The molecule has 0 fully saturated rings. The van der Waals surface area contributed by atoms with Gasteiger partial charge < -0.3 is 14.9 Å². The van der Waals surface area contributed by atoms with Crippen LogP contribution in [0.25, 0.3) is 0 Å². The van der Waals surface area contributed by atoms with Crippen molar-refractivity contribution in [3.8, 4) is 0 Å². The summed E-state index contributed by atoms with van der Waals surface area (Å²) < 4.78 is 4.86. The molecule has 154 valence electrons. The summed E-state index contributed by atoms with van der Waals surface area (Å²) in [6, 6.07) is 0. The molecule has 1 atom stereocenters. The lowest BCUT2D eigenvalue weighted by Gasteiger charge is -2.07. The molecule has 0 radical (unpaired) electrons. The van der Waals surface area contributed by atoms with Crippen molar-refractivity contribution in [3.05, 3.63) is 46.6 Å². The van der Waals surface area contributed by atoms with Crippen molar-refractivity contribution in [1.82, 2.24) is 0 Å². The van der Waals surface area contributed by atoms with E-state index >= 15 is 0 Å². The molecule has 0 bridgehead atoms. The van der Waals surface area contributed by atoms with E-state index in [2.05, 4.69) is 45.9 Å². The molecule has 0 aromatic carbocycles. The van der Waals surface area contributed by atoms with Gasteiger partial charge in [-0.15, -0.1) is 0 Å². The van der Waals surface area contributed by atoms with Crippen molar-refractivity contribution >= 4 is 5.97 Å². The fraction of sp³-hybridized carbons (Fsp3) is 0.609. The van der Waals surface area contributed by atoms with Crippen molar-refractivity contribution in [1.29, 1.82) is 0 Å².